The smallest absolute Gasteiger partial charge is 0.220 e. The van der Waals surface area contributed by atoms with Crippen LogP contribution in [0.2, 0.25) is 5.02 Å². The standard InChI is InChI=1S/C17H17ClFNO/c1-12(13-6-9-15(19)10-7-13)20-17(21)11-8-14-4-2-3-5-16(14)18/h2-7,9-10,12H,8,11H2,1H3,(H,20,21)/t12-/m1/s1. The number of rotatable bonds is 5. The third-order valence-corrected chi connectivity index (χ3v) is 3.70. The zero-order valence-electron chi connectivity index (χ0n) is 11.8. The van der Waals surface area contributed by atoms with Crippen LogP contribution >= 0.6 is 11.6 Å². The number of amides is 1. The van der Waals surface area contributed by atoms with E-state index in [0.29, 0.717) is 17.9 Å². The van der Waals surface area contributed by atoms with E-state index in [1.54, 1.807) is 12.1 Å². The van der Waals surface area contributed by atoms with Gasteiger partial charge in [-0.3, -0.25) is 4.79 Å². The van der Waals surface area contributed by atoms with Gasteiger partial charge in [0.2, 0.25) is 5.91 Å². The second-order valence-electron chi connectivity index (χ2n) is 4.93. The minimum absolute atomic E-state index is 0.0493. The average molecular weight is 306 g/mol. The minimum atomic E-state index is -0.281. The molecule has 0 fully saturated rings. The van der Waals surface area contributed by atoms with Gasteiger partial charge in [0.25, 0.3) is 0 Å². The largest absolute Gasteiger partial charge is 0.350 e. The highest BCUT2D eigenvalue weighted by atomic mass is 35.5. The second kappa shape index (κ2) is 7.23. The van der Waals surface area contributed by atoms with Crippen molar-refractivity contribution in [2.75, 3.05) is 0 Å². The predicted molar refractivity (Wildman–Crippen MR) is 82.7 cm³/mol. The van der Waals surface area contributed by atoms with Gasteiger partial charge in [0.15, 0.2) is 0 Å². The zero-order chi connectivity index (χ0) is 15.2. The highest BCUT2D eigenvalue weighted by Gasteiger charge is 2.10. The summed E-state index contributed by atoms with van der Waals surface area (Å²) in [7, 11) is 0. The molecule has 0 aliphatic carbocycles. The molecule has 0 spiro atoms. The lowest BCUT2D eigenvalue weighted by atomic mass is 10.1. The first-order valence-corrected chi connectivity index (χ1v) is 7.22. The van der Waals surface area contributed by atoms with Crippen LogP contribution in [0.25, 0.3) is 0 Å². The van der Waals surface area contributed by atoms with E-state index in [1.165, 1.54) is 12.1 Å². The lowest BCUT2D eigenvalue weighted by molar-refractivity contribution is -0.121. The highest BCUT2D eigenvalue weighted by molar-refractivity contribution is 6.31. The van der Waals surface area contributed by atoms with Crippen LogP contribution in [0.15, 0.2) is 48.5 Å². The van der Waals surface area contributed by atoms with Crippen molar-refractivity contribution < 1.29 is 9.18 Å². The van der Waals surface area contributed by atoms with E-state index in [0.717, 1.165) is 11.1 Å². The number of hydrogen-bond acceptors (Lipinski definition) is 1. The fourth-order valence-electron chi connectivity index (χ4n) is 2.10. The summed E-state index contributed by atoms with van der Waals surface area (Å²) in [4.78, 5) is 12.0. The van der Waals surface area contributed by atoms with Gasteiger partial charge in [-0.05, 0) is 42.7 Å². The molecule has 4 heteroatoms. The van der Waals surface area contributed by atoms with E-state index in [-0.39, 0.29) is 17.8 Å². The molecule has 0 aromatic heterocycles. The van der Waals surface area contributed by atoms with Gasteiger partial charge in [-0.2, -0.15) is 0 Å². The summed E-state index contributed by atoms with van der Waals surface area (Å²) in [5, 5.41) is 3.58. The maximum Gasteiger partial charge on any atom is 0.220 e. The van der Waals surface area contributed by atoms with E-state index >= 15 is 0 Å². The summed E-state index contributed by atoms with van der Waals surface area (Å²) >= 11 is 6.06. The van der Waals surface area contributed by atoms with E-state index < -0.39 is 0 Å². The topological polar surface area (TPSA) is 29.1 Å². The molecule has 1 amide bonds. The molecule has 0 bridgehead atoms. The number of nitrogens with one attached hydrogen (secondary N) is 1. The molecule has 2 aromatic rings. The average Bonchev–Trinajstić information content (AvgIpc) is 2.47. The van der Waals surface area contributed by atoms with Crippen LogP contribution in [0, 0.1) is 5.82 Å². The molecule has 0 radical (unpaired) electrons. The molecule has 1 atom stereocenters. The van der Waals surface area contributed by atoms with Gasteiger partial charge in [-0.1, -0.05) is 41.9 Å². The number of hydrogen-bond donors (Lipinski definition) is 1. The molecular formula is C17H17ClFNO. The Hall–Kier alpha value is -1.87. The van der Waals surface area contributed by atoms with Crippen molar-refractivity contribution in [2.45, 2.75) is 25.8 Å². The summed E-state index contributed by atoms with van der Waals surface area (Å²) < 4.78 is 12.9. The molecule has 0 saturated heterocycles. The SMILES string of the molecule is C[C@@H](NC(=O)CCc1ccccc1Cl)c1ccc(F)cc1. The first-order chi connectivity index (χ1) is 10.1. The Morgan fingerprint density at radius 2 is 1.86 bits per heavy atom. The Bertz CT molecular complexity index is 612. The van der Waals surface area contributed by atoms with E-state index in [2.05, 4.69) is 5.32 Å². The third-order valence-electron chi connectivity index (χ3n) is 3.33. The Labute approximate surface area is 128 Å². The summed E-state index contributed by atoms with van der Waals surface area (Å²) in [5.41, 5.74) is 1.84. The van der Waals surface area contributed by atoms with Crippen molar-refractivity contribution in [3.05, 3.63) is 70.5 Å². The van der Waals surface area contributed by atoms with Gasteiger partial charge < -0.3 is 5.32 Å². The molecule has 0 saturated carbocycles. The molecule has 2 nitrogen and oxygen atoms in total. The molecule has 0 unspecified atom stereocenters. The second-order valence-corrected chi connectivity index (χ2v) is 5.34. The molecule has 2 rings (SSSR count). The molecule has 2 aromatic carbocycles. The van der Waals surface area contributed by atoms with Gasteiger partial charge in [0.1, 0.15) is 5.82 Å². The van der Waals surface area contributed by atoms with Crippen molar-refractivity contribution in [1.29, 1.82) is 0 Å². The van der Waals surface area contributed by atoms with Gasteiger partial charge in [-0.25, -0.2) is 4.39 Å². The first-order valence-electron chi connectivity index (χ1n) is 6.84. The molecular weight excluding hydrogens is 289 g/mol. The fraction of sp³-hybridized carbons (Fsp3) is 0.235. The van der Waals surface area contributed by atoms with Crippen molar-refractivity contribution in [3.8, 4) is 0 Å². The quantitative estimate of drug-likeness (QED) is 0.877. The van der Waals surface area contributed by atoms with Gasteiger partial charge in [0.05, 0.1) is 6.04 Å². The summed E-state index contributed by atoms with van der Waals surface area (Å²) in [6.45, 7) is 1.88. The summed E-state index contributed by atoms with van der Waals surface area (Å²) in [6, 6.07) is 13.5. The number of carbonyl (C=O) groups excluding carboxylic acids is 1. The molecule has 1 N–H and O–H groups in total. The number of benzene rings is 2. The Morgan fingerprint density at radius 1 is 1.19 bits per heavy atom. The Kier molecular flexibility index (Phi) is 5.34. The lowest BCUT2D eigenvalue weighted by Crippen LogP contribution is -2.26. The van der Waals surface area contributed by atoms with Crippen LogP contribution in [0.5, 0.6) is 0 Å². The number of carbonyl (C=O) groups is 1. The van der Waals surface area contributed by atoms with Gasteiger partial charge in [-0.15, -0.1) is 0 Å². The molecule has 110 valence electrons. The van der Waals surface area contributed by atoms with Crippen molar-refractivity contribution in [3.63, 3.8) is 0 Å². The van der Waals surface area contributed by atoms with Crippen LogP contribution in [0.4, 0.5) is 4.39 Å². The van der Waals surface area contributed by atoms with Gasteiger partial charge in [0, 0.05) is 11.4 Å². The normalized spacial score (nSPS) is 12.0. The van der Waals surface area contributed by atoms with Crippen LogP contribution in [-0.2, 0) is 11.2 Å². The van der Waals surface area contributed by atoms with E-state index in [1.807, 2.05) is 31.2 Å². The summed E-state index contributed by atoms with van der Waals surface area (Å²) in [6.07, 6.45) is 0.969. The Morgan fingerprint density at radius 3 is 2.52 bits per heavy atom. The maximum atomic E-state index is 12.9. The predicted octanol–water partition coefficient (Wildman–Crippen LogP) is 4.29. The minimum Gasteiger partial charge on any atom is -0.350 e. The molecule has 0 aliphatic rings. The van der Waals surface area contributed by atoms with Crippen LogP contribution in [0.3, 0.4) is 0 Å². The van der Waals surface area contributed by atoms with Crippen molar-refractivity contribution in [1.82, 2.24) is 5.32 Å². The van der Waals surface area contributed by atoms with Gasteiger partial charge >= 0.3 is 0 Å². The highest BCUT2D eigenvalue weighted by Crippen LogP contribution is 2.17. The Balaban J connectivity index is 1.87. The van der Waals surface area contributed by atoms with Crippen LogP contribution in [-0.4, -0.2) is 5.91 Å². The third kappa shape index (κ3) is 4.57. The number of halogens is 2. The van der Waals surface area contributed by atoms with E-state index in [9.17, 15) is 9.18 Å². The summed E-state index contributed by atoms with van der Waals surface area (Å²) in [5.74, 6) is -0.331. The van der Waals surface area contributed by atoms with Crippen molar-refractivity contribution >= 4 is 17.5 Å². The molecule has 0 heterocycles. The zero-order valence-corrected chi connectivity index (χ0v) is 12.5. The molecule has 21 heavy (non-hydrogen) atoms. The monoisotopic (exact) mass is 305 g/mol. The molecule has 0 aliphatic heterocycles. The fourth-order valence-corrected chi connectivity index (χ4v) is 2.33. The lowest BCUT2D eigenvalue weighted by Gasteiger charge is -2.14. The first kappa shape index (κ1) is 15.5. The van der Waals surface area contributed by atoms with Crippen molar-refractivity contribution in [2.24, 2.45) is 0 Å². The number of aryl methyl sites for hydroxylation is 1. The van der Waals surface area contributed by atoms with Crippen LogP contribution < -0.4 is 5.32 Å². The maximum absolute atomic E-state index is 12.9. The van der Waals surface area contributed by atoms with Crippen LogP contribution in [0.1, 0.15) is 30.5 Å². The van der Waals surface area contributed by atoms with E-state index in [4.69, 9.17) is 11.6 Å².